The summed E-state index contributed by atoms with van der Waals surface area (Å²) in [5.74, 6) is -0.720. The summed E-state index contributed by atoms with van der Waals surface area (Å²) in [7, 11) is 0. The number of aromatic nitrogens is 4. The second-order valence-corrected chi connectivity index (χ2v) is 4.58. The third-order valence-corrected chi connectivity index (χ3v) is 3.12. The Hall–Kier alpha value is -2.98. The zero-order chi connectivity index (χ0) is 17.5. The van der Waals surface area contributed by atoms with Crippen molar-refractivity contribution in [1.82, 2.24) is 19.6 Å². The molecule has 0 atom stereocenters. The van der Waals surface area contributed by atoms with Crippen LogP contribution in [0.3, 0.4) is 0 Å². The van der Waals surface area contributed by atoms with Gasteiger partial charge in [-0.25, -0.2) is 9.38 Å². The Morgan fingerprint density at radius 3 is 2.58 bits per heavy atom. The zero-order valence-corrected chi connectivity index (χ0v) is 11.5. The Morgan fingerprint density at radius 2 is 1.92 bits per heavy atom. The lowest BCUT2D eigenvalue weighted by Crippen LogP contribution is -2.09. The average molecular weight is 346 g/mol. The van der Waals surface area contributed by atoms with Crippen molar-refractivity contribution in [2.24, 2.45) is 0 Å². The van der Waals surface area contributed by atoms with Crippen LogP contribution >= 0.6 is 0 Å². The van der Waals surface area contributed by atoms with Crippen LogP contribution in [0.4, 0.5) is 22.0 Å². The molecule has 0 aliphatic carbocycles. The van der Waals surface area contributed by atoms with Crippen LogP contribution in [0.2, 0.25) is 0 Å². The van der Waals surface area contributed by atoms with E-state index >= 15 is 0 Å². The number of ether oxygens (including phenoxy) is 1. The predicted molar refractivity (Wildman–Crippen MR) is 69.5 cm³/mol. The van der Waals surface area contributed by atoms with Gasteiger partial charge >= 0.3 is 18.8 Å². The molecule has 2 aromatic heterocycles. The number of halogens is 5. The molecule has 3 aromatic rings. The third-order valence-electron chi connectivity index (χ3n) is 3.12. The summed E-state index contributed by atoms with van der Waals surface area (Å²) in [6.45, 7) is -3.33. The summed E-state index contributed by atoms with van der Waals surface area (Å²) in [4.78, 5) is 3.75. The smallest absolute Gasteiger partial charge is 0.416 e. The maximum absolute atomic E-state index is 12.8. The molecule has 1 N–H and O–H groups in total. The normalized spacial score (nSPS) is 12.1. The van der Waals surface area contributed by atoms with Gasteiger partial charge in [-0.3, -0.25) is 0 Å². The van der Waals surface area contributed by atoms with Crippen LogP contribution in [-0.2, 0) is 6.18 Å². The zero-order valence-electron chi connectivity index (χ0n) is 11.5. The van der Waals surface area contributed by atoms with Crippen molar-refractivity contribution >= 4 is 5.52 Å². The highest BCUT2D eigenvalue weighted by Crippen LogP contribution is 2.38. The summed E-state index contributed by atoms with van der Waals surface area (Å²) in [6, 6.07) is 1.57. The maximum Gasteiger partial charge on any atom is 0.416 e. The van der Waals surface area contributed by atoms with Crippen molar-refractivity contribution < 1.29 is 31.8 Å². The monoisotopic (exact) mass is 346 g/mol. The van der Waals surface area contributed by atoms with Gasteiger partial charge in [0.15, 0.2) is 0 Å². The second kappa shape index (κ2) is 5.58. The molecule has 0 unspecified atom stereocenters. The number of imidazole rings is 1. The molecule has 0 amide bonds. The first kappa shape index (κ1) is 15.9. The van der Waals surface area contributed by atoms with E-state index < -0.39 is 30.1 Å². The molecule has 2 heterocycles. The van der Waals surface area contributed by atoms with Crippen molar-refractivity contribution in [2.45, 2.75) is 12.8 Å². The molecule has 0 aliphatic heterocycles. The SMILES string of the molecule is Oc1nnc(-c2ccc(C(F)(F)F)cc2OC(F)F)c2cncn12. The minimum absolute atomic E-state index is 0.0744. The second-order valence-electron chi connectivity index (χ2n) is 4.58. The van der Waals surface area contributed by atoms with Crippen molar-refractivity contribution in [3.63, 3.8) is 0 Å². The van der Waals surface area contributed by atoms with E-state index in [4.69, 9.17) is 0 Å². The number of benzene rings is 1. The van der Waals surface area contributed by atoms with Gasteiger partial charge in [-0.05, 0) is 18.2 Å². The largest absolute Gasteiger partial charge is 0.479 e. The van der Waals surface area contributed by atoms with E-state index in [0.717, 1.165) is 10.5 Å². The van der Waals surface area contributed by atoms with E-state index in [1.165, 1.54) is 12.5 Å². The van der Waals surface area contributed by atoms with E-state index in [9.17, 15) is 27.1 Å². The van der Waals surface area contributed by atoms with E-state index in [0.29, 0.717) is 12.1 Å². The minimum Gasteiger partial charge on any atom is -0.479 e. The van der Waals surface area contributed by atoms with Gasteiger partial charge in [0.05, 0.1) is 17.3 Å². The number of aromatic hydroxyl groups is 1. The molecule has 0 saturated carbocycles. The van der Waals surface area contributed by atoms with E-state index in [1.54, 1.807) is 0 Å². The Balaban J connectivity index is 2.22. The first-order chi connectivity index (χ1) is 11.3. The highest BCUT2D eigenvalue weighted by molar-refractivity contribution is 5.80. The topological polar surface area (TPSA) is 72.5 Å². The van der Waals surface area contributed by atoms with E-state index in [2.05, 4.69) is 19.9 Å². The molecule has 3 rings (SSSR count). The van der Waals surface area contributed by atoms with E-state index in [1.807, 2.05) is 0 Å². The van der Waals surface area contributed by atoms with Crippen LogP contribution in [0, 0.1) is 0 Å². The first-order valence-electron chi connectivity index (χ1n) is 6.31. The molecule has 6 nitrogen and oxygen atoms in total. The minimum atomic E-state index is -4.73. The molecule has 0 spiro atoms. The Bertz CT molecular complexity index is 894. The Kier molecular flexibility index (Phi) is 3.70. The molecule has 126 valence electrons. The van der Waals surface area contributed by atoms with Crippen molar-refractivity contribution in [1.29, 1.82) is 0 Å². The standard InChI is InChI=1S/C13H7F5N4O2/c14-11(15)24-9-3-6(13(16,17)18)1-2-7(9)10-8-4-19-5-22(8)12(23)21-20-10/h1-5,11H,(H,21,23). The Labute approximate surface area is 130 Å². The van der Waals surface area contributed by atoms with Crippen LogP contribution < -0.4 is 4.74 Å². The first-order valence-corrected chi connectivity index (χ1v) is 6.31. The summed E-state index contributed by atoms with van der Waals surface area (Å²) < 4.78 is 68.8. The lowest BCUT2D eigenvalue weighted by molar-refractivity contribution is -0.138. The fourth-order valence-corrected chi connectivity index (χ4v) is 2.10. The number of fused-ring (bicyclic) bond motifs is 1. The van der Waals surface area contributed by atoms with Gasteiger partial charge in [-0.1, -0.05) is 5.10 Å². The highest BCUT2D eigenvalue weighted by atomic mass is 19.4. The van der Waals surface area contributed by atoms with Crippen LogP contribution in [0.25, 0.3) is 16.8 Å². The van der Waals surface area contributed by atoms with Gasteiger partial charge in [0.2, 0.25) is 0 Å². The average Bonchev–Trinajstić information content (AvgIpc) is 2.97. The van der Waals surface area contributed by atoms with Gasteiger partial charge in [0, 0.05) is 5.56 Å². The summed E-state index contributed by atoms with van der Waals surface area (Å²) in [6.07, 6.45) is -2.31. The third kappa shape index (κ3) is 2.79. The number of alkyl halides is 5. The number of rotatable bonds is 3. The van der Waals surface area contributed by atoms with Gasteiger partial charge < -0.3 is 9.84 Å². The molecular weight excluding hydrogens is 339 g/mol. The summed E-state index contributed by atoms with van der Waals surface area (Å²) >= 11 is 0. The van der Waals surface area contributed by atoms with Crippen LogP contribution in [0.1, 0.15) is 5.56 Å². The fraction of sp³-hybridized carbons (Fsp3) is 0.154. The van der Waals surface area contributed by atoms with Crippen LogP contribution in [0.5, 0.6) is 11.8 Å². The molecule has 24 heavy (non-hydrogen) atoms. The molecule has 1 aromatic carbocycles. The van der Waals surface area contributed by atoms with Crippen LogP contribution in [0.15, 0.2) is 30.7 Å². The van der Waals surface area contributed by atoms with Crippen molar-refractivity contribution in [3.8, 4) is 23.0 Å². The van der Waals surface area contributed by atoms with Crippen molar-refractivity contribution in [2.75, 3.05) is 0 Å². The van der Waals surface area contributed by atoms with E-state index in [-0.39, 0.29) is 16.8 Å². The lowest BCUT2D eigenvalue weighted by atomic mass is 10.1. The summed E-state index contributed by atoms with van der Waals surface area (Å²) in [5.41, 5.74) is -1.23. The maximum atomic E-state index is 12.8. The molecule has 0 bridgehead atoms. The molecule has 11 heteroatoms. The van der Waals surface area contributed by atoms with Gasteiger partial charge in [-0.15, -0.1) is 5.10 Å². The van der Waals surface area contributed by atoms with Gasteiger partial charge in [0.25, 0.3) is 0 Å². The predicted octanol–water partition coefficient (Wildman–Crippen LogP) is 3.12. The van der Waals surface area contributed by atoms with Crippen molar-refractivity contribution in [3.05, 3.63) is 36.3 Å². The molecular formula is C13H7F5N4O2. The molecule has 0 aliphatic rings. The number of nitrogens with zero attached hydrogens (tertiary/aromatic N) is 4. The van der Waals surface area contributed by atoms with Gasteiger partial charge in [-0.2, -0.15) is 22.0 Å². The van der Waals surface area contributed by atoms with Gasteiger partial charge in [0.1, 0.15) is 17.8 Å². The lowest BCUT2D eigenvalue weighted by Gasteiger charge is -2.14. The quantitative estimate of drug-likeness (QED) is 0.738. The summed E-state index contributed by atoms with van der Waals surface area (Å²) in [5, 5.41) is 16.6. The highest BCUT2D eigenvalue weighted by Gasteiger charge is 2.32. The Morgan fingerprint density at radius 1 is 1.17 bits per heavy atom. The fourth-order valence-electron chi connectivity index (χ4n) is 2.10. The molecule has 0 fully saturated rings. The molecule has 0 radical (unpaired) electrons. The number of hydrogen-bond donors (Lipinski definition) is 1. The number of hydrogen-bond acceptors (Lipinski definition) is 5. The molecule has 0 saturated heterocycles. The van der Waals surface area contributed by atoms with Crippen LogP contribution in [-0.4, -0.2) is 31.3 Å².